The third-order valence-electron chi connectivity index (χ3n) is 4.45. The minimum absolute atomic E-state index is 0.00554. The molecule has 3 rings (SSSR count). The summed E-state index contributed by atoms with van der Waals surface area (Å²) < 4.78 is 0.959. The van der Waals surface area contributed by atoms with Crippen LogP contribution in [0.4, 0.5) is 0 Å². The number of hydrogen-bond donors (Lipinski definition) is 0. The van der Waals surface area contributed by atoms with Crippen molar-refractivity contribution in [2.75, 3.05) is 18.8 Å². The zero-order chi connectivity index (χ0) is 18.1. The summed E-state index contributed by atoms with van der Waals surface area (Å²) in [4.78, 5) is 33.7. The highest BCUT2D eigenvalue weighted by Crippen LogP contribution is 2.41. The van der Waals surface area contributed by atoms with Crippen LogP contribution in [0.25, 0.3) is 0 Å². The monoisotopic (exact) mass is 421 g/mol. The molecule has 0 spiro atoms. The van der Waals surface area contributed by atoms with Crippen molar-refractivity contribution < 1.29 is 9.59 Å². The Bertz CT molecular complexity index is 769. The number of allylic oxidation sites excluding steroid dienone is 1. The summed E-state index contributed by atoms with van der Waals surface area (Å²) in [6, 6.07) is 7.36. The number of amidine groups is 1. The summed E-state index contributed by atoms with van der Waals surface area (Å²) in [5.74, 6) is 0.309. The first kappa shape index (κ1) is 18.2. The number of aliphatic imine (C=N–C) groups is 1. The molecule has 0 unspecified atom stereocenters. The van der Waals surface area contributed by atoms with Crippen LogP contribution in [-0.2, 0) is 9.59 Å². The lowest BCUT2D eigenvalue weighted by Crippen LogP contribution is -2.43. The van der Waals surface area contributed by atoms with Crippen molar-refractivity contribution in [1.29, 1.82) is 0 Å². The van der Waals surface area contributed by atoms with Crippen LogP contribution in [0.5, 0.6) is 0 Å². The maximum Gasteiger partial charge on any atom is 0.254 e. The lowest BCUT2D eigenvalue weighted by atomic mass is 9.93. The Morgan fingerprint density at radius 1 is 1.32 bits per heavy atom. The summed E-state index contributed by atoms with van der Waals surface area (Å²) in [5.41, 5.74) is 2.20. The van der Waals surface area contributed by atoms with E-state index in [-0.39, 0.29) is 11.8 Å². The van der Waals surface area contributed by atoms with Gasteiger partial charge >= 0.3 is 0 Å². The second-order valence-electron chi connectivity index (χ2n) is 5.88. The lowest BCUT2D eigenvalue weighted by molar-refractivity contribution is -0.128. The van der Waals surface area contributed by atoms with Gasteiger partial charge in [0.1, 0.15) is 0 Å². The first-order valence-corrected chi connectivity index (χ1v) is 10.0. The van der Waals surface area contributed by atoms with E-state index in [1.165, 1.54) is 11.8 Å². The van der Waals surface area contributed by atoms with Crippen LogP contribution in [0.15, 0.2) is 45.0 Å². The summed E-state index contributed by atoms with van der Waals surface area (Å²) in [6.45, 7) is 7.02. The number of amides is 2. The van der Waals surface area contributed by atoms with E-state index in [1.54, 1.807) is 9.80 Å². The maximum atomic E-state index is 13.2. The predicted molar refractivity (Wildman–Crippen MR) is 104 cm³/mol. The van der Waals surface area contributed by atoms with Crippen LogP contribution >= 0.6 is 27.7 Å². The van der Waals surface area contributed by atoms with Crippen molar-refractivity contribution in [2.24, 2.45) is 4.99 Å². The largest absolute Gasteiger partial charge is 0.339 e. The number of benzene rings is 1. The zero-order valence-electron chi connectivity index (χ0n) is 14.5. The van der Waals surface area contributed by atoms with Crippen LogP contribution < -0.4 is 0 Å². The van der Waals surface area contributed by atoms with Crippen molar-refractivity contribution in [2.45, 2.75) is 26.8 Å². The molecular formula is C18H20BrN3O2S. The number of carbonyl (C=O) groups is 2. The second-order valence-corrected chi connectivity index (χ2v) is 7.74. The van der Waals surface area contributed by atoms with Gasteiger partial charge < -0.3 is 4.90 Å². The first-order chi connectivity index (χ1) is 12.0. The smallest absolute Gasteiger partial charge is 0.254 e. The zero-order valence-corrected chi connectivity index (χ0v) is 16.9. The van der Waals surface area contributed by atoms with Gasteiger partial charge in [0.25, 0.3) is 5.91 Å². The maximum absolute atomic E-state index is 13.2. The standard InChI is InChI=1S/C18H20BrN3O2S/c1-4-21(5-2)17(24)15-11(3)20-18-22(14(23)10-25-18)16(15)12-6-8-13(19)9-7-12/h6-9,16H,4-5,10H2,1-3H3/t16-/m0/s1. The van der Waals surface area contributed by atoms with E-state index < -0.39 is 6.04 Å². The molecule has 2 aliphatic heterocycles. The third kappa shape index (κ3) is 3.27. The Labute approximate surface area is 160 Å². The topological polar surface area (TPSA) is 53.0 Å². The van der Waals surface area contributed by atoms with Crippen LogP contribution in [0.3, 0.4) is 0 Å². The first-order valence-electron chi connectivity index (χ1n) is 8.27. The third-order valence-corrected chi connectivity index (χ3v) is 5.92. The number of carbonyl (C=O) groups excluding carboxylic acids is 2. The molecule has 0 bridgehead atoms. The van der Waals surface area contributed by atoms with E-state index in [0.29, 0.717) is 35.3 Å². The fourth-order valence-corrected chi connectivity index (χ4v) is 4.36. The molecule has 0 saturated carbocycles. The molecule has 0 N–H and O–H groups in total. The van der Waals surface area contributed by atoms with Crippen molar-refractivity contribution in [1.82, 2.24) is 9.80 Å². The quantitative estimate of drug-likeness (QED) is 0.746. The van der Waals surface area contributed by atoms with Gasteiger partial charge in [0.15, 0.2) is 5.17 Å². The summed E-state index contributed by atoms with van der Waals surface area (Å²) in [5, 5.41) is 0.687. The lowest BCUT2D eigenvalue weighted by Gasteiger charge is -2.35. The molecule has 7 heteroatoms. The van der Waals surface area contributed by atoms with Gasteiger partial charge in [-0.2, -0.15) is 0 Å². The van der Waals surface area contributed by atoms with E-state index in [0.717, 1.165) is 10.0 Å². The van der Waals surface area contributed by atoms with E-state index in [2.05, 4.69) is 20.9 Å². The average Bonchev–Trinajstić information content (AvgIpc) is 2.96. The number of likely N-dealkylation sites (N-methyl/N-ethyl adjacent to an activating group) is 1. The molecule has 1 atom stereocenters. The molecular weight excluding hydrogens is 402 g/mol. The van der Waals surface area contributed by atoms with Gasteiger partial charge in [0.05, 0.1) is 23.1 Å². The van der Waals surface area contributed by atoms with Crippen molar-refractivity contribution in [3.05, 3.63) is 45.6 Å². The fourth-order valence-electron chi connectivity index (χ4n) is 3.16. The average molecular weight is 422 g/mol. The number of thioether (sulfide) groups is 1. The van der Waals surface area contributed by atoms with E-state index in [9.17, 15) is 9.59 Å². The number of halogens is 1. The van der Waals surface area contributed by atoms with E-state index in [4.69, 9.17) is 0 Å². The summed E-state index contributed by atoms with van der Waals surface area (Å²) in [7, 11) is 0. The Morgan fingerprint density at radius 3 is 2.56 bits per heavy atom. The van der Waals surface area contributed by atoms with Crippen LogP contribution in [0.1, 0.15) is 32.4 Å². The summed E-state index contributed by atoms with van der Waals surface area (Å²) in [6.07, 6.45) is 0. The number of hydrogen-bond acceptors (Lipinski definition) is 4. The Morgan fingerprint density at radius 2 is 1.96 bits per heavy atom. The summed E-state index contributed by atoms with van der Waals surface area (Å²) >= 11 is 4.88. The second kappa shape index (κ2) is 7.33. The number of nitrogens with zero attached hydrogens (tertiary/aromatic N) is 3. The van der Waals surface area contributed by atoms with Crippen LogP contribution in [0.2, 0.25) is 0 Å². The van der Waals surface area contributed by atoms with Crippen molar-refractivity contribution >= 4 is 44.7 Å². The fraction of sp³-hybridized carbons (Fsp3) is 0.389. The Kier molecular flexibility index (Phi) is 5.34. The molecule has 2 aliphatic rings. The van der Waals surface area contributed by atoms with Gasteiger partial charge in [-0.3, -0.25) is 14.5 Å². The predicted octanol–water partition coefficient (Wildman–Crippen LogP) is 3.58. The van der Waals surface area contributed by atoms with E-state index >= 15 is 0 Å². The van der Waals surface area contributed by atoms with Crippen molar-refractivity contribution in [3.8, 4) is 0 Å². The van der Waals surface area contributed by atoms with Crippen LogP contribution in [0, 0.1) is 0 Å². The van der Waals surface area contributed by atoms with Gasteiger partial charge in [0, 0.05) is 17.6 Å². The SMILES string of the molecule is CCN(CC)C(=O)C1=C(C)N=C2SCC(=O)N2[C@H]1c1ccc(Br)cc1. The van der Waals surface area contributed by atoms with Crippen LogP contribution in [-0.4, -0.2) is 45.6 Å². The molecule has 25 heavy (non-hydrogen) atoms. The highest BCUT2D eigenvalue weighted by molar-refractivity contribution is 9.10. The number of fused-ring (bicyclic) bond motifs is 1. The Hall–Kier alpha value is -1.60. The highest BCUT2D eigenvalue weighted by atomic mass is 79.9. The normalized spacial score (nSPS) is 19.8. The van der Waals surface area contributed by atoms with Gasteiger partial charge in [-0.05, 0) is 38.5 Å². The van der Waals surface area contributed by atoms with Gasteiger partial charge in [-0.1, -0.05) is 39.8 Å². The van der Waals surface area contributed by atoms with E-state index in [1.807, 2.05) is 45.0 Å². The molecule has 0 radical (unpaired) electrons. The van der Waals surface area contributed by atoms with Gasteiger partial charge in [-0.15, -0.1) is 0 Å². The molecule has 1 fully saturated rings. The molecule has 2 amide bonds. The van der Waals surface area contributed by atoms with Gasteiger partial charge in [-0.25, -0.2) is 4.99 Å². The molecule has 0 aliphatic carbocycles. The number of rotatable bonds is 4. The van der Waals surface area contributed by atoms with Gasteiger partial charge in [0.2, 0.25) is 5.91 Å². The molecule has 1 aromatic carbocycles. The minimum atomic E-state index is -0.420. The molecule has 5 nitrogen and oxygen atoms in total. The highest BCUT2D eigenvalue weighted by Gasteiger charge is 2.43. The molecule has 0 aromatic heterocycles. The molecule has 132 valence electrons. The molecule has 1 saturated heterocycles. The minimum Gasteiger partial charge on any atom is -0.339 e. The van der Waals surface area contributed by atoms with Crippen molar-refractivity contribution in [3.63, 3.8) is 0 Å². The Balaban J connectivity index is 2.14. The molecule has 2 heterocycles. The molecule has 1 aromatic rings.